The zero-order valence-corrected chi connectivity index (χ0v) is 14.7. The molecular weight excluding hydrogens is 334 g/mol. The number of rotatable bonds is 2. The fourth-order valence-electron chi connectivity index (χ4n) is 4.14. The normalized spacial score (nSPS) is 26.3. The molecule has 1 atom stereocenters. The lowest BCUT2D eigenvalue weighted by Crippen LogP contribution is -2.34. The summed E-state index contributed by atoms with van der Waals surface area (Å²) in [4.78, 5) is 39.1. The first-order valence-electron chi connectivity index (χ1n) is 9.21. The summed E-state index contributed by atoms with van der Waals surface area (Å²) in [5, 5.41) is 2.25. The number of ether oxygens (including phenoxy) is 1. The van der Waals surface area contributed by atoms with Crippen LogP contribution in [0.4, 0.5) is 10.5 Å². The quantitative estimate of drug-likeness (QED) is 0.820. The minimum absolute atomic E-state index is 0.00791. The predicted molar refractivity (Wildman–Crippen MR) is 95.0 cm³/mol. The van der Waals surface area contributed by atoms with Crippen molar-refractivity contribution in [2.75, 3.05) is 31.1 Å². The van der Waals surface area contributed by atoms with Gasteiger partial charge in [-0.3, -0.25) is 19.8 Å². The number of amides is 4. The third-order valence-electron chi connectivity index (χ3n) is 5.59. The summed E-state index contributed by atoms with van der Waals surface area (Å²) < 4.78 is 5.98. The van der Waals surface area contributed by atoms with Crippen LogP contribution in [0, 0.1) is 0 Å². The Morgan fingerprint density at radius 1 is 1.04 bits per heavy atom. The van der Waals surface area contributed by atoms with Gasteiger partial charge in [-0.15, -0.1) is 0 Å². The van der Waals surface area contributed by atoms with Gasteiger partial charge < -0.3 is 9.64 Å². The zero-order valence-electron chi connectivity index (χ0n) is 14.7. The Morgan fingerprint density at radius 3 is 2.46 bits per heavy atom. The Hall–Kier alpha value is -2.41. The maximum atomic E-state index is 12.8. The number of urea groups is 1. The second-order valence-electron chi connectivity index (χ2n) is 7.27. The Kier molecular flexibility index (Phi) is 4.40. The van der Waals surface area contributed by atoms with Crippen LogP contribution in [0.1, 0.15) is 42.5 Å². The van der Waals surface area contributed by atoms with Crippen molar-refractivity contribution in [1.29, 1.82) is 0 Å². The van der Waals surface area contributed by atoms with Crippen LogP contribution in [0.5, 0.6) is 0 Å². The lowest BCUT2D eigenvalue weighted by Gasteiger charge is -2.27. The van der Waals surface area contributed by atoms with E-state index in [1.165, 1.54) is 4.90 Å². The zero-order chi connectivity index (χ0) is 18.1. The molecule has 0 aromatic heterocycles. The van der Waals surface area contributed by atoms with E-state index in [4.69, 9.17) is 4.74 Å². The maximum absolute atomic E-state index is 12.8. The number of imide groups is 1. The average Bonchev–Trinajstić information content (AvgIpc) is 3.16. The molecule has 3 saturated heterocycles. The number of carbonyl (C=O) groups excluding carboxylic acids is 3. The molecule has 4 rings (SSSR count). The lowest BCUT2D eigenvalue weighted by molar-refractivity contribution is -0.117. The molecule has 7 heteroatoms. The summed E-state index contributed by atoms with van der Waals surface area (Å²) in [5.41, 5.74) is 1.19. The number of hydrogen-bond acceptors (Lipinski definition) is 4. The molecule has 7 nitrogen and oxygen atoms in total. The Balaban J connectivity index is 1.43. The van der Waals surface area contributed by atoms with Crippen molar-refractivity contribution in [2.45, 2.75) is 37.7 Å². The van der Waals surface area contributed by atoms with Crippen molar-refractivity contribution >= 4 is 23.5 Å². The van der Waals surface area contributed by atoms with E-state index in [0.717, 1.165) is 45.3 Å². The first-order chi connectivity index (χ1) is 12.6. The van der Waals surface area contributed by atoms with Crippen molar-refractivity contribution in [2.24, 2.45) is 0 Å². The summed E-state index contributed by atoms with van der Waals surface area (Å²) in [5.74, 6) is -0.309. The SMILES string of the molecule is O=C1CN(c2ccc(C(=O)N3CCC[C@@]4(CCCO4)CC3)cc2)C(=O)N1. The molecule has 1 spiro atoms. The van der Waals surface area contributed by atoms with E-state index >= 15 is 0 Å². The third kappa shape index (κ3) is 3.19. The smallest absolute Gasteiger partial charge is 0.329 e. The minimum atomic E-state index is -0.427. The molecule has 1 aromatic carbocycles. The standard InChI is InChI=1S/C19H23N3O4/c23-16-13-22(18(25)20-16)15-5-3-14(4-6-15)17(24)21-10-1-7-19(9-11-21)8-2-12-26-19/h3-6H,1-2,7-13H2,(H,20,23,25)/t19-/m1/s1. The number of carbonyl (C=O) groups is 3. The van der Waals surface area contributed by atoms with Gasteiger partial charge in [-0.25, -0.2) is 4.79 Å². The van der Waals surface area contributed by atoms with Gasteiger partial charge in [0.05, 0.1) is 5.60 Å². The molecule has 138 valence electrons. The fraction of sp³-hybridized carbons (Fsp3) is 0.526. The van der Waals surface area contributed by atoms with E-state index in [1.54, 1.807) is 24.3 Å². The van der Waals surface area contributed by atoms with Crippen LogP contribution in [0.2, 0.25) is 0 Å². The number of anilines is 1. The molecule has 0 aliphatic carbocycles. The van der Waals surface area contributed by atoms with Gasteiger partial charge in [0.2, 0.25) is 5.91 Å². The van der Waals surface area contributed by atoms with Crippen molar-refractivity contribution in [3.8, 4) is 0 Å². The molecule has 3 aliphatic heterocycles. The van der Waals surface area contributed by atoms with E-state index in [1.807, 2.05) is 4.90 Å². The first kappa shape index (κ1) is 17.0. The van der Waals surface area contributed by atoms with Gasteiger partial charge in [-0.05, 0) is 56.4 Å². The van der Waals surface area contributed by atoms with Crippen molar-refractivity contribution in [1.82, 2.24) is 10.2 Å². The highest BCUT2D eigenvalue weighted by atomic mass is 16.5. The van der Waals surface area contributed by atoms with Crippen molar-refractivity contribution in [3.05, 3.63) is 29.8 Å². The van der Waals surface area contributed by atoms with Crippen molar-refractivity contribution in [3.63, 3.8) is 0 Å². The number of hydrogen-bond donors (Lipinski definition) is 1. The van der Waals surface area contributed by atoms with Gasteiger partial charge in [-0.2, -0.15) is 0 Å². The molecule has 3 heterocycles. The molecule has 0 bridgehead atoms. The minimum Gasteiger partial charge on any atom is -0.375 e. The maximum Gasteiger partial charge on any atom is 0.329 e. The van der Waals surface area contributed by atoms with E-state index in [-0.39, 0.29) is 24.0 Å². The molecule has 1 aromatic rings. The second kappa shape index (κ2) is 6.72. The van der Waals surface area contributed by atoms with Crippen molar-refractivity contribution < 1.29 is 19.1 Å². The van der Waals surface area contributed by atoms with Crippen LogP contribution >= 0.6 is 0 Å². The van der Waals surface area contributed by atoms with Crippen LogP contribution in [0.25, 0.3) is 0 Å². The van der Waals surface area contributed by atoms with Gasteiger partial charge in [0.25, 0.3) is 5.91 Å². The highest BCUT2D eigenvalue weighted by Crippen LogP contribution is 2.35. The topological polar surface area (TPSA) is 79.0 Å². The van der Waals surface area contributed by atoms with Crippen LogP contribution in [-0.4, -0.2) is 54.6 Å². The van der Waals surface area contributed by atoms with Crippen LogP contribution in [0.15, 0.2) is 24.3 Å². The van der Waals surface area contributed by atoms with Gasteiger partial charge in [-0.1, -0.05) is 0 Å². The highest BCUT2D eigenvalue weighted by molar-refractivity contribution is 6.12. The lowest BCUT2D eigenvalue weighted by atomic mass is 9.92. The summed E-state index contributed by atoms with van der Waals surface area (Å²) in [6.45, 7) is 2.31. The first-order valence-corrected chi connectivity index (χ1v) is 9.21. The van der Waals surface area contributed by atoms with Gasteiger partial charge in [0.15, 0.2) is 0 Å². The van der Waals surface area contributed by atoms with Crippen LogP contribution in [-0.2, 0) is 9.53 Å². The number of nitrogens with one attached hydrogen (secondary N) is 1. The Bertz CT molecular complexity index is 725. The number of benzene rings is 1. The molecule has 0 unspecified atom stereocenters. The molecule has 0 radical (unpaired) electrons. The third-order valence-corrected chi connectivity index (χ3v) is 5.59. The van der Waals surface area contributed by atoms with Gasteiger partial charge >= 0.3 is 6.03 Å². The molecule has 0 saturated carbocycles. The fourth-order valence-corrected chi connectivity index (χ4v) is 4.14. The van der Waals surface area contributed by atoms with Crippen LogP contribution in [0.3, 0.4) is 0 Å². The summed E-state index contributed by atoms with van der Waals surface area (Å²) >= 11 is 0. The van der Waals surface area contributed by atoms with E-state index in [9.17, 15) is 14.4 Å². The predicted octanol–water partition coefficient (Wildman–Crippen LogP) is 1.92. The van der Waals surface area contributed by atoms with E-state index < -0.39 is 6.03 Å². The average molecular weight is 357 g/mol. The molecule has 1 N–H and O–H groups in total. The van der Waals surface area contributed by atoms with Crippen LogP contribution < -0.4 is 10.2 Å². The number of likely N-dealkylation sites (tertiary alicyclic amines) is 1. The van der Waals surface area contributed by atoms with E-state index in [2.05, 4.69) is 5.32 Å². The van der Waals surface area contributed by atoms with Gasteiger partial charge in [0, 0.05) is 30.9 Å². The molecule has 26 heavy (non-hydrogen) atoms. The Labute approximate surface area is 152 Å². The number of nitrogens with zero attached hydrogens (tertiary/aromatic N) is 2. The monoisotopic (exact) mass is 357 g/mol. The van der Waals surface area contributed by atoms with E-state index in [0.29, 0.717) is 17.8 Å². The second-order valence-corrected chi connectivity index (χ2v) is 7.27. The van der Waals surface area contributed by atoms with Gasteiger partial charge in [0.1, 0.15) is 6.54 Å². The molecule has 4 amide bonds. The Morgan fingerprint density at radius 2 is 1.81 bits per heavy atom. The largest absolute Gasteiger partial charge is 0.375 e. The summed E-state index contributed by atoms with van der Waals surface area (Å²) in [6, 6.07) is 6.44. The highest BCUT2D eigenvalue weighted by Gasteiger charge is 2.37. The molecule has 3 fully saturated rings. The molecule has 3 aliphatic rings. The summed E-state index contributed by atoms with van der Waals surface area (Å²) in [6.07, 6.45) is 5.09. The molecular formula is C19H23N3O4. The summed E-state index contributed by atoms with van der Waals surface area (Å²) in [7, 11) is 0.